The fourth-order valence-corrected chi connectivity index (χ4v) is 2.78. The average Bonchev–Trinajstić information content (AvgIpc) is 2.39. The van der Waals surface area contributed by atoms with Gasteiger partial charge in [0.1, 0.15) is 5.82 Å². The van der Waals surface area contributed by atoms with Gasteiger partial charge in [-0.1, -0.05) is 35.9 Å². The zero-order valence-corrected chi connectivity index (χ0v) is 13.3. The first-order chi connectivity index (χ1) is 9.60. The summed E-state index contributed by atoms with van der Waals surface area (Å²) in [7, 11) is 1.67. The van der Waals surface area contributed by atoms with Crippen molar-refractivity contribution in [2.45, 2.75) is 13.2 Å². The Morgan fingerprint density at radius 1 is 1.20 bits per heavy atom. The van der Waals surface area contributed by atoms with Crippen molar-refractivity contribution in [1.82, 2.24) is 0 Å². The fourth-order valence-electron chi connectivity index (χ4n) is 1.82. The van der Waals surface area contributed by atoms with Gasteiger partial charge in [-0.05, 0) is 39.2 Å². The van der Waals surface area contributed by atoms with Crippen molar-refractivity contribution in [3.63, 3.8) is 0 Å². The van der Waals surface area contributed by atoms with E-state index in [4.69, 9.17) is 16.3 Å². The molecule has 0 atom stereocenters. The zero-order chi connectivity index (χ0) is 14.5. The van der Waals surface area contributed by atoms with Gasteiger partial charge in [0, 0.05) is 18.1 Å². The molecule has 2 nitrogen and oxygen atoms in total. The quantitative estimate of drug-likeness (QED) is 0.812. The van der Waals surface area contributed by atoms with E-state index >= 15 is 0 Å². The third kappa shape index (κ3) is 3.95. The number of nitrogens with one attached hydrogen (secondary N) is 1. The standard InChI is InChI=1S/C15H14BrClFNO/c1-20-9-11-4-2-10(3-5-11)8-19-15-13(16)6-12(18)7-14(15)17/h2-7,19H,8-9H2,1H3. The third-order valence-electron chi connectivity index (χ3n) is 2.81. The molecule has 0 saturated heterocycles. The van der Waals surface area contributed by atoms with E-state index in [-0.39, 0.29) is 5.82 Å². The summed E-state index contributed by atoms with van der Waals surface area (Å²) in [5, 5.41) is 3.55. The number of ether oxygens (including phenoxy) is 1. The minimum absolute atomic E-state index is 0.355. The Balaban J connectivity index is 2.05. The van der Waals surface area contributed by atoms with Gasteiger partial charge in [-0.3, -0.25) is 0 Å². The summed E-state index contributed by atoms with van der Waals surface area (Å²) in [5.41, 5.74) is 2.92. The molecule has 0 aliphatic carbocycles. The second kappa shape index (κ2) is 7.07. The molecule has 0 saturated carbocycles. The second-order valence-corrected chi connectivity index (χ2v) is 5.61. The number of halogens is 3. The van der Waals surface area contributed by atoms with E-state index in [9.17, 15) is 4.39 Å². The highest BCUT2D eigenvalue weighted by Crippen LogP contribution is 2.32. The Morgan fingerprint density at radius 3 is 2.45 bits per heavy atom. The molecule has 0 spiro atoms. The lowest BCUT2D eigenvalue weighted by Crippen LogP contribution is -2.01. The van der Waals surface area contributed by atoms with Gasteiger partial charge in [-0.15, -0.1) is 0 Å². The lowest BCUT2D eigenvalue weighted by molar-refractivity contribution is 0.185. The predicted molar refractivity (Wildman–Crippen MR) is 83.6 cm³/mol. The molecular weight excluding hydrogens is 345 g/mol. The summed E-state index contributed by atoms with van der Waals surface area (Å²) < 4.78 is 18.8. The maximum absolute atomic E-state index is 13.1. The molecule has 0 unspecified atom stereocenters. The highest BCUT2D eigenvalue weighted by molar-refractivity contribution is 9.10. The van der Waals surface area contributed by atoms with Crippen LogP contribution in [0.2, 0.25) is 5.02 Å². The van der Waals surface area contributed by atoms with Crippen LogP contribution in [0, 0.1) is 5.82 Å². The fraction of sp³-hybridized carbons (Fsp3) is 0.200. The molecule has 2 rings (SSSR count). The number of anilines is 1. The molecule has 5 heteroatoms. The van der Waals surface area contributed by atoms with Crippen LogP contribution in [0.15, 0.2) is 40.9 Å². The van der Waals surface area contributed by atoms with Crippen molar-refractivity contribution in [3.8, 4) is 0 Å². The van der Waals surface area contributed by atoms with E-state index in [1.807, 2.05) is 24.3 Å². The van der Waals surface area contributed by atoms with Crippen LogP contribution in [0.4, 0.5) is 10.1 Å². The van der Waals surface area contributed by atoms with Crippen molar-refractivity contribution in [2.24, 2.45) is 0 Å². The number of rotatable bonds is 5. The van der Waals surface area contributed by atoms with E-state index in [2.05, 4.69) is 21.2 Å². The molecule has 0 aromatic heterocycles. The van der Waals surface area contributed by atoms with E-state index < -0.39 is 0 Å². The summed E-state index contributed by atoms with van der Waals surface area (Å²) in [6.45, 7) is 1.21. The topological polar surface area (TPSA) is 21.3 Å². The molecule has 0 aliphatic rings. The van der Waals surface area contributed by atoms with Crippen molar-refractivity contribution in [1.29, 1.82) is 0 Å². The monoisotopic (exact) mass is 357 g/mol. The molecule has 0 heterocycles. The maximum atomic E-state index is 13.1. The van der Waals surface area contributed by atoms with Crippen LogP contribution in [-0.4, -0.2) is 7.11 Å². The Hall–Kier alpha value is -1.10. The minimum atomic E-state index is -0.364. The van der Waals surface area contributed by atoms with E-state index in [1.54, 1.807) is 7.11 Å². The van der Waals surface area contributed by atoms with Crippen molar-refractivity contribution < 1.29 is 9.13 Å². The molecule has 0 aliphatic heterocycles. The van der Waals surface area contributed by atoms with E-state index in [0.717, 1.165) is 11.1 Å². The molecule has 106 valence electrons. The van der Waals surface area contributed by atoms with Crippen LogP contribution in [0.25, 0.3) is 0 Å². The summed E-state index contributed by atoms with van der Waals surface area (Å²) >= 11 is 9.32. The second-order valence-electron chi connectivity index (χ2n) is 4.35. The average molecular weight is 359 g/mol. The van der Waals surface area contributed by atoms with E-state index in [0.29, 0.717) is 28.3 Å². The van der Waals surface area contributed by atoms with Gasteiger partial charge in [0.15, 0.2) is 0 Å². The predicted octanol–water partition coefficient (Wildman–Crippen LogP) is 5.00. The normalized spacial score (nSPS) is 10.6. The van der Waals surface area contributed by atoms with Gasteiger partial charge in [0.25, 0.3) is 0 Å². The van der Waals surface area contributed by atoms with Gasteiger partial charge >= 0.3 is 0 Å². The molecule has 0 bridgehead atoms. The summed E-state index contributed by atoms with van der Waals surface area (Å²) in [5.74, 6) is -0.364. The largest absolute Gasteiger partial charge is 0.380 e. The summed E-state index contributed by atoms with van der Waals surface area (Å²) in [4.78, 5) is 0. The number of hydrogen-bond acceptors (Lipinski definition) is 2. The van der Waals surface area contributed by atoms with Crippen LogP contribution in [0.3, 0.4) is 0 Å². The van der Waals surface area contributed by atoms with Crippen LogP contribution < -0.4 is 5.32 Å². The highest BCUT2D eigenvalue weighted by Gasteiger charge is 2.07. The van der Waals surface area contributed by atoms with Crippen molar-refractivity contribution in [3.05, 3.63) is 62.8 Å². The molecular formula is C15H14BrClFNO. The van der Waals surface area contributed by atoms with Gasteiger partial charge in [0.05, 0.1) is 17.3 Å². The van der Waals surface area contributed by atoms with E-state index in [1.165, 1.54) is 12.1 Å². The summed E-state index contributed by atoms with van der Waals surface area (Å²) in [6.07, 6.45) is 0. The Bertz CT molecular complexity index is 566. The Labute approximate surface area is 131 Å². The zero-order valence-electron chi connectivity index (χ0n) is 10.9. The molecule has 0 fully saturated rings. The first-order valence-electron chi connectivity index (χ1n) is 6.05. The van der Waals surface area contributed by atoms with Gasteiger partial charge in [-0.25, -0.2) is 4.39 Å². The van der Waals surface area contributed by atoms with Crippen LogP contribution in [-0.2, 0) is 17.9 Å². The number of hydrogen-bond donors (Lipinski definition) is 1. The summed E-state index contributed by atoms with van der Waals surface area (Å²) in [6, 6.07) is 10.7. The molecule has 0 radical (unpaired) electrons. The number of benzene rings is 2. The smallest absolute Gasteiger partial charge is 0.125 e. The molecule has 20 heavy (non-hydrogen) atoms. The SMILES string of the molecule is COCc1ccc(CNc2c(Cl)cc(F)cc2Br)cc1. The van der Waals surface area contributed by atoms with Crippen molar-refractivity contribution in [2.75, 3.05) is 12.4 Å². The molecule has 2 aromatic carbocycles. The van der Waals surface area contributed by atoms with Crippen LogP contribution in [0.1, 0.15) is 11.1 Å². The van der Waals surface area contributed by atoms with Crippen LogP contribution >= 0.6 is 27.5 Å². The first-order valence-corrected chi connectivity index (χ1v) is 7.22. The number of methoxy groups -OCH3 is 1. The lowest BCUT2D eigenvalue weighted by Gasteiger charge is -2.11. The Morgan fingerprint density at radius 2 is 1.85 bits per heavy atom. The minimum Gasteiger partial charge on any atom is -0.380 e. The first kappa shape index (κ1) is 15.3. The molecule has 2 aromatic rings. The van der Waals surface area contributed by atoms with Crippen LogP contribution in [0.5, 0.6) is 0 Å². The van der Waals surface area contributed by atoms with Crippen molar-refractivity contribution >= 4 is 33.2 Å². The lowest BCUT2D eigenvalue weighted by atomic mass is 10.1. The van der Waals surface area contributed by atoms with Gasteiger partial charge < -0.3 is 10.1 Å². The maximum Gasteiger partial charge on any atom is 0.125 e. The van der Waals surface area contributed by atoms with Gasteiger partial charge in [0.2, 0.25) is 0 Å². The Kier molecular flexibility index (Phi) is 5.40. The third-order valence-corrected chi connectivity index (χ3v) is 3.73. The molecule has 1 N–H and O–H groups in total. The van der Waals surface area contributed by atoms with Gasteiger partial charge in [-0.2, -0.15) is 0 Å². The highest BCUT2D eigenvalue weighted by atomic mass is 79.9. The molecule has 0 amide bonds.